The van der Waals surface area contributed by atoms with Crippen molar-refractivity contribution < 1.29 is 9.53 Å². The number of carbonyl (C=O) groups excluding carboxylic acids is 1. The molecule has 5 nitrogen and oxygen atoms in total. The van der Waals surface area contributed by atoms with Crippen molar-refractivity contribution in [3.05, 3.63) is 65.1 Å². The zero-order valence-corrected chi connectivity index (χ0v) is 16.8. The average molecular weight is 394 g/mol. The van der Waals surface area contributed by atoms with E-state index < -0.39 is 6.10 Å². The molecule has 2 aromatic carbocycles. The molecule has 0 fully saturated rings. The predicted molar refractivity (Wildman–Crippen MR) is 116 cm³/mol. The van der Waals surface area contributed by atoms with E-state index in [-0.39, 0.29) is 5.91 Å². The van der Waals surface area contributed by atoms with Gasteiger partial charge in [-0.05, 0) is 50.1 Å². The molecule has 0 spiro atoms. The first-order chi connectivity index (χ1) is 13.6. The molecule has 0 radical (unpaired) electrons. The number of amidine groups is 1. The van der Waals surface area contributed by atoms with E-state index in [9.17, 15) is 4.79 Å². The first-order valence-corrected chi connectivity index (χ1v) is 10.3. The summed E-state index contributed by atoms with van der Waals surface area (Å²) < 4.78 is 5.72. The number of aryl methyl sites for hydroxylation is 1. The van der Waals surface area contributed by atoms with Gasteiger partial charge in [-0.2, -0.15) is 0 Å². The van der Waals surface area contributed by atoms with Crippen LogP contribution in [-0.2, 0) is 4.79 Å². The number of thioether (sulfide) groups is 1. The van der Waals surface area contributed by atoms with Crippen LogP contribution in [0.4, 0.5) is 5.69 Å². The van der Waals surface area contributed by atoms with Gasteiger partial charge in [0.1, 0.15) is 5.75 Å². The van der Waals surface area contributed by atoms with Gasteiger partial charge in [-0.3, -0.25) is 9.79 Å². The molecule has 0 unspecified atom stereocenters. The van der Waals surface area contributed by atoms with E-state index in [1.54, 1.807) is 18.7 Å². The third kappa shape index (κ3) is 4.07. The minimum Gasteiger partial charge on any atom is -0.481 e. The molecule has 144 valence electrons. The molecule has 2 heterocycles. The molecule has 0 aliphatic carbocycles. The molecule has 2 aliphatic rings. The van der Waals surface area contributed by atoms with Crippen molar-refractivity contribution in [2.24, 2.45) is 4.99 Å². The number of hydrogen-bond acceptors (Lipinski definition) is 5. The number of rotatable bonds is 5. The van der Waals surface area contributed by atoms with E-state index in [0.29, 0.717) is 5.75 Å². The highest BCUT2D eigenvalue weighted by Gasteiger charge is 2.25. The normalized spacial score (nSPS) is 16.7. The van der Waals surface area contributed by atoms with Gasteiger partial charge < -0.3 is 15.0 Å². The predicted octanol–water partition coefficient (Wildman–Crippen LogP) is 4.51. The van der Waals surface area contributed by atoms with Crippen molar-refractivity contribution in [3.8, 4) is 5.75 Å². The Morgan fingerprint density at radius 3 is 2.68 bits per heavy atom. The van der Waals surface area contributed by atoms with Gasteiger partial charge in [0.05, 0.1) is 5.70 Å². The van der Waals surface area contributed by atoms with Gasteiger partial charge in [-0.1, -0.05) is 41.6 Å². The van der Waals surface area contributed by atoms with E-state index in [2.05, 4.69) is 20.6 Å². The summed E-state index contributed by atoms with van der Waals surface area (Å²) in [5.74, 6) is 0.516. The van der Waals surface area contributed by atoms with Gasteiger partial charge in [0.2, 0.25) is 0 Å². The number of nitrogens with zero attached hydrogens (tertiary/aromatic N) is 2. The van der Waals surface area contributed by atoms with Crippen molar-refractivity contribution in [1.29, 1.82) is 0 Å². The molecule has 0 saturated heterocycles. The van der Waals surface area contributed by atoms with Crippen molar-refractivity contribution in [1.82, 2.24) is 4.90 Å². The van der Waals surface area contributed by atoms with Crippen molar-refractivity contribution in [3.63, 3.8) is 0 Å². The first kappa shape index (κ1) is 18.6. The second kappa shape index (κ2) is 8.10. The fraction of sp³-hybridized carbons (Fsp3) is 0.273. The van der Waals surface area contributed by atoms with E-state index in [0.717, 1.165) is 41.5 Å². The lowest BCUT2D eigenvalue weighted by molar-refractivity contribution is -0.122. The molecule has 6 heteroatoms. The number of anilines is 1. The molecular weight excluding hydrogens is 370 g/mol. The maximum Gasteiger partial charge on any atom is 0.265 e. The van der Waals surface area contributed by atoms with Gasteiger partial charge in [0, 0.05) is 24.2 Å². The Balaban J connectivity index is 1.37. The zero-order valence-electron chi connectivity index (χ0n) is 16.0. The Bertz CT molecular complexity index is 920. The zero-order chi connectivity index (χ0) is 19.5. The second-order valence-electron chi connectivity index (χ2n) is 6.93. The van der Waals surface area contributed by atoms with E-state index in [1.807, 2.05) is 55.5 Å². The quantitative estimate of drug-likeness (QED) is 0.812. The highest BCUT2D eigenvalue weighted by molar-refractivity contribution is 8.16. The maximum atomic E-state index is 12.4. The summed E-state index contributed by atoms with van der Waals surface area (Å²) in [6.45, 7) is 5.68. The summed E-state index contributed by atoms with van der Waals surface area (Å²) in [5.41, 5.74) is 4.22. The van der Waals surface area contributed by atoms with Crippen LogP contribution in [0.3, 0.4) is 0 Å². The minimum absolute atomic E-state index is 0.172. The summed E-state index contributed by atoms with van der Waals surface area (Å²) >= 11 is 1.68. The molecule has 1 amide bonds. The number of hydrogen-bond donors (Lipinski definition) is 1. The summed E-state index contributed by atoms with van der Waals surface area (Å²) in [6, 6.07) is 15.6. The Labute approximate surface area is 169 Å². The molecule has 1 atom stereocenters. The first-order valence-electron chi connectivity index (χ1n) is 9.43. The Morgan fingerprint density at radius 2 is 1.93 bits per heavy atom. The number of carbonyl (C=O) groups is 1. The Hall–Kier alpha value is -2.73. The third-order valence-corrected chi connectivity index (χ3v) is 5.64. The molecule has 4 rings (SSSR count). The molecule has 0 saturated carbocycles. The topological polar surface area (TPSA) is 53.9 Å². The molecule has 2 aliphatic heterocycles. The van der Waals surface area contributed by atoms with Crippen LogP contribution in [0.25, 0.3) is 5.70 Å². The molecule has 0 aromatic heterocycles. The lowest BCUT2D eigenvalue weighted by Crippen LogP contribution is -2.30. The van der Waals surface area contributed by atoms with Crippen LogP contribution >= 0.6 is 11.8 Å². The monoisotopic (exact) mass is 393 g/mol. The van der Waals surface area contributed by atoms with Crippen LogP contribution in [-0.4, -0.2) is 35.2 Å². The number of amides is 1. The number of ether oxygens (including phenoxy) is 1. The lowest BCUT2D eigenvalue weighted by Gasteiger charge is -2.25. The summed E-state index contributed by atoms with van der Waals surface area (Å²) in [4.78, 5) is 19.3. The van der Waals surface area contributed by atoms with Crippen LogP contribution in [0, 0.1) is 6.92 Å². The summed E-state index contributed by atoms with van der Waals surface area (Å²) in [7, 11) is 0. The third-order valence-electron chi connectivity index (χ3n) is 4.74. The van der Waals surface area contributed by atoms with E-state index in [1.165, 1.54) is 5.70 Å². The molecular formula is C22H23N3O2S. The standard InChI is InChI=1S/C22H23N3O2S/c1-15-4-10-19(11-5-15)27-16(2)21(26)24-18-8-6-17(7-9-18)20-14-28-22-23-12-3-13-25(20)22/h4-11,14,16H,3,12-13H2,1-2H3,(H,24,26)/t16-/m0/s1. The van der Waals surface area contributed by atoms with Crippen molar-refractivity contribution in [2.45, 2.75) is 26.4 Å². The van der Waals surface area contributed by atoms with E-state index in [4.69, 9.17) is 4.74 Å². The number of fused-ring (bicyclic) bond motifs is 1. The lowest BCUT2D eigenvalue weighted by atomic mass is 10.1. The highest BCUT2D eigenvalue weighted by atomic mass is 32.2. The number of nitrogens with one attached hydrogen (secondary N) is 1. The molecule has 0 bridgehead atoms. The number of aliphatic imine (C=N–C) groups is 1. The van der Waals surface area contributed by atoms with Crippen LogP contribution in [0.1, 0.15) is 24.5 Å². The van der Waals surface area contributed by atoms with Gasteiger partial charge in [0.25, 0.3) is 5.91 Å². The molecule has 2 aromatic rings. The summed E-state index contributed by atoms with van der Waals surface area (Å²) in [6.07, 6.45) is 0.498. The van der Waals surface area contributed by atoms with Crippen molar-refractivity contribution >= 4 is 34.2 Å². The van der Waals surface area contributed by atoms with Crippen LogP contribution in [0.2, 0.25) is 0 Å². The van der Waals surface area contributed by atoms with Crippen LogP contribution < -0.4 is 10.1 Å². The Morgan fingerprint density at radius 1 is 1.18 bits per heavy atom. The SMILES string of the molecule is Cc1ccc(O[C@@H](C)C(=O)Nc2ccc(C3=CSC4=NCCCN34)cc2)cc1. The fourth-order valence-electron chi connectivity index (χ4n) is 3.15. The van der Waals surface area contributed by atoms with E-state index >= 15 is 0 Å². The van der Waals surface area contributed by atoms with Gasteiger partial charge in [-0.25, -0.2) is 0 Å². The summed E-state index contributed by atoms with van der Waals surface area (Å²) in [5, 5.41) is 6.15. The van der Waals surface area contributed by atoms with Crippen LogP contribution in [0.5, 0.6) is 5.75 Å². The van der Waals surface area contributed by atoms with Gasteiger partial charge in [-0.15, -0.1) is 0 Å². The molecule has 1 N–H and O–H groups in total. The van der Waals surface area contributed by atoms with Crippen LogP contribution in [0.15, 0.2) is 58.9 Å². The maximum absolute atomic E-state index is 12.4. The van der Waals surface area contributed by atoms with Gasteiger partial charge in [0.15, 0.2) is 11.3 Å². The Kier molecular flexibility index (Phi) is 5.39. The fourth-order valence-corrected chi connectivity index (χ4v) is 4.11. The average Bonchev–Trinajstić information content (AvgIpc) is 3.14. The second-order valence-corrected chi connectivity index (χ2v) is 7.77. The highest BCUT2D eigenvalue weighted by Crippen LogP contribution is 2.35. The smallest absolute Gasteiger partial charge is 0.265 e. The van der Waals surface area contributed by atoms with Gasteiger partial charge >= 0.3 is 0 Å². The number of benzene rings is 2. The minimum atomic E-state index is -0.580. The molecule has 28 heavy (non-hydrogen) atoms. The van der Waals surface area contributed by atoms with Crippen molar-refractivity contribution in [2.75, 3.05) is 18.4 Å². The largest absolute Gasteiger partial charge is 0.481 e.